The van der Waals surface area contributed by atoms with Crippen molar-refractivity contribution in [3.05, 3.63) is 29.6 Å². The summed E-state index contributed by atoms with van der Waals surface area (Å²) in [5.41, 5.74) is 3.52. The van der Waals surface area contributed by atoms with Crippen LogP contribution < -0.4 is 0 Å². The van der Waals surface area contributed by atoms with Crippen molar-refractivity contribution < 1.29 is 9.53 Å². The zero-order valence-electron chi connectivity index (χ0n) is 16.9. The number of benzene rings is 1. The quantitative estimate of drug-likeness (QED) is 0.819. The molecule has 26 heavy (non-hydrogen) atoms. The average molecular weight is 360 g/mol. The molecule has 5 nitrogen and oxygen atoms in total. The first kappa shape index (κ1) is 20.4. The Kier molecular flexibility index (Phi) is 7.64. The number of ether oxygens (including phenoxy) is 1. The van der Waals surface area contributed by atoms with E-state index in [2.05, 4.69) is 55.4 Å². The largest absolute Gasteiger partial charge is 0.375 e. The van der Waals surface area contributed by atoms with Crippen molar-refractivity contribution in [2.24, 2.45) is 0 Å². The van der Waals surface area contributed by atoms with E-state index < -0.39 is 0 Å². The van der Waals surface area contributed by atoms with Gasteiger partial charge in [-0.25, -0.2) is 4.98 Å². The Hall–Kier alpha value is -1.88. The highest BCUT2D eigenvalue weighted by atomic mass is 16.5. The summed E-state index contributed by atoms with van der Waals surface area (Å²) in [5.74, 6) is 1.14. The van der Waals surface area contributed by atoms with E-state index in [1.807, 2.05) is 4.90 Å². The van der Waals surface area contributed by atoms with Gasteiger partial charge in [0.2, 0.25) is 5.91 Å². The summed E-state index contributed by atoms with van der Waals surface area (Å²) >= 11 is 0. The van der Waals surface area contributed by atoms with Gasteiger partial charge in [-0.15, -0.1) is 0 Å². The number of nitrogens with zero attached hydrogens (tertiary/aromatic N) is 3. The lowest BCUT2D eigenvalue weighted by Crippen LogP contribution is -2.40. The van der Waals surface area contributed by atoms with Crippen molar-refractivity contribution in [1.29, 1.82) is 0 Å². The second-order valence-electron chi connectivity index (χ2n) is 7.07. The molecule has 1 aliphatic rings. The van der Waals surface area contributed by atoms with Gasteiger partial charge in [-0.1, -0.05) is 32.8 Å². The van der Waals surface area contributed by atoms with Crippen molar-refractivity contribution in [3.63, 3.8) is 0 Å². The third-order valence-corrected chi connectivity index (χ3v) is 4.97. The Bertz CT molecular complexity index is 713. The van der Waals surface area contributed by atoms with Crippen molar-refractivity contribution >= 4 is 16.9 Å². The van der Waals surface area contributed by atoms with Gasteiger partial charge in [0.1, 0.15) is 12.4 Å². The number of methoxy groups -OCH3 is 1. The zero-order valence-corrected chi connectivity index (χ0v) is 16.9. The molecule has 2 heterocycles. The molecule has 0 N–H and O–H groups in total. The van der Waals surface area contributed by atoms with Crippen molar-refractivity contribution in [2.45, 2.75) is 59.4 Å². The van der Waals surface area contributed by atoms with Gasteiger partial charge >= 0.3 is 0 Å². The number of aromatic nitrogens is 2. The predicted octanol–water partition coefficient (Wildman–Crippen LogP) is 4.27. The first-order valence-electron chi connectivity index (χ1n) is 9.73. The number of fused-ring (bicyclic) bond motifs is 1. The van der Waals surface area contributed by atoms with Gasteiger partial charge < -0.3 is 14.2 Å². The normalized spacial score (nSPS) is 15.0. The molecule has 0 spiro atoms. The van der Waals surface area contributed by atoms with E-state index in [0.29, 0.717) is 6.04 Å². The molecule has 1 aromatic carbocycles. The number of carbonyl (C=O) groups is 1. The summed E-state index contributed by atoms with van der Waals surface area (Å²) in [6, 6.07) is 6.81. The smallest absolute Gasteiger partial charge is 0.248 e. The van der Waals surface area contributed by atoms with Crippen LogP contribution in [0.15, 0.2) is 18.2 Å². The lowest BCUT2D eigenvalue weighted by atomic mass is 10.0. The van der Waals surface area contributed by atoms with Crippen LogP contribution in [0.1, 0.15) is 57.0 Å². The van der Waals surface area contributed by atoms with E-state index in [1.54, 1.807) is 7.11 Å². The number of hydrogen-bond acceptors (Lipinski definition) is 3. The second kappa shape index (κ2) is 9.72. The van der Waals surface area contributed by atoms with E-state index in [-0.39, 0.29) is 12.5 Å². The SMILES string of the molecule is CCCC.COCC(=O)N1CCC(n2c(C)nc3ccc(C)cc32)CC1. The highest BCUT2D eigenvalue weighted by Gasteiger charge is 2.25. The van der Waals surface area contributed by atoms with Crippen LogP contribution in [0.3, 0.4) is 0 Å². The van der Waals surface area contributed by atoms with Crippen LogP contribution in [0, 0.1) is 13.8 Å². The number of amides is 1. The molecular weight excluding hydrogens is 326 g/mol. The summed E-state index contributed by atoms with van der Waals surface area (Å²) in [4.78, 5) is 18.5. The Morgan fingerprint density at radius 2 is 1.85 bits per heavy atom. The van der Waals surface area contributed by atoms with E-state index in [0.717, 1.165) is 37.3 Å². The molecule has 0 bridgehead atoms. The molecule has 2 aromatic rings. The van der Waals surface area contributed by atoms with Crippen LogP contribution >= 0.6 is 0 Å². The van der Waals surface area contributed by atoms with E-state index in [9.17, 15) is 4.79 Å². The van der Waals surface area contributed by atoms with Gasteiger partial charge in [-0.2, -0.15) is 0 Å². The maximum Gasteiger partial charge on any atom is 0.248 e. The van der Waals surface area contributed by atoms with E-state index in [4.69, 9.17) is 4.74 Å². The average Bonchev–Trinajstić information content (AvgIpc) is 2.97. The van der Waals surface area contributed by atoms with Crippen molar-refractivity contribution in [1.82, 2.24) is 14.5 Å². The summed E-state index contributed by atoms with van der Waals surface area (Å²) in [5, 5.41) is 0. The van der Waals surface area contributed by atoms with Crippen LogP contribution in [0.4, 0.5) is 0 Å². The highest BCUT2D eigenvalue weighted by molar-refractivity contribution is 5.78. The minimum atomic E-state index is 0.0870. The zero-order chi connectivity index (χ0) is 19.1. The van der Waals surface area contributed by atoms with Gasteiger partial charge in [0.15, 0.2) is 0 Å². The number of imidazole rings is 1. The minimum Gasteiger partial charge on any atom is -0.375 e. The summed E-state index contributed by atoms with van der Waals surface area (Å²) < 4.78 is 7.29. The van der Waals surface area contributed by atoms with Gasteiger partial charge in [0.05, 0.1) is 11.0 Å². The fourth-order valence-corrected chi connectivity index (χ4v) is 3.37. The Morgan fingerprint density at radius 3 is 2.42 bits per heavy atom. The first-order chi connectivity index (χ1) is 12.5. The molecule has 1 aromatic heterocycles. The molecule has 0 atom stereocenters. The topological polar surface area (TPSA) is 47.4 Å². The lowest BCUT2D eigenvalue weighted by molar-refractivity contribution is -0.136. The molecule has 0 saturated carbocycles. The molecular formula is C21H33N3O2. The summed E-state index contributed by atoms with van der Waals surface area (Å²) in [6.07, 6.45) is 4.57. The van der Waals surface area contributed by atoms with Crippen LogP contribution in [-0.4, -0.2) is 47.2 Å². The molecule has 0 aliphatic carbocycles. The van der Waals surface area contributed by atoms with Crippen molar-refractivity contribution in [3.8, 4) is 0 Å². The number of unbranched alkanes of at least 4 members (excludes halogenated alkanes) is 1. The number of hydrogen-bond donors (Lipinski definition) is 0. The molecule has 1 saturated heterocycles. The molecule has 1 amide bonds. The van der Waals surface area contributed by atoms with Gasteiger partial charge in [0, 0.05) is 26.2 Å². The van der Waals surface area contributed by atoms with Crippen LogP contribution in [-0.2, 0) is 9.53 Å². The molecule has 3 rings (SSSR count). The maximum atomic E-state index is 11.9. The number of likely N-dealkylation sites (tertiary alicyclic amines) is 1. The molecule has 0 unspecified atom stereocenters. The molecule has 5 heteroatoms. The summed E-state index contributed by atoms with van der Waals surface area (Å²) in [7, 11) is 1.56. The van der Waals surface area contributed by atoms with Crippen LogP contribution in [0.25, 0.3) is 11.0 Å². The molecule has 1 fully saturated rings. The Morgan fingerprint density at radius 1 is 1.19 bits per heavy atom. The molecule has 1 aliphatic heterocycles. The fourth-order valence-electron chi connectivity index (χ4n) is 3.37. The number of aryl methyl sites for hydroxylation is 2. The van der Waals surface area contributed by atoms with E-state index in [1.165, 1.54) is 23.9 Å². The third-order valence-electron chi connectivity index (χ3n) is 4.97. The second-order valence-corrected chi connectivity index (χ2v) is 7.07. The van der Waals surface area contributed by atoms with Gasteiger partial charge in [-0.3, -0.25) is 4.79 Å². The van der Waals surface area contributed by atoms with Gasteiger partial charge in [-0.05, 0) is 44.4 Å². The Labute approximate surface area is 157 Å². The first-order valence-corrected chi connectivity index (χ1v) is 9.73. The molecule has 0 radical (unpaired) electrons. The maximum absolute atomic E-state index is 11.9. The van der Waals surface area contributed by atoms with E-state index >= 15 is 0 Å². The van der Waals surface area contributed by atoms with Crippen molar-refractivity contribution in [2.75, 3.05) is 26.8 Å². The minimum absolute atomic E-state index is 0.0870. The van der Waals surface area contributed by atoms with Crippen LogP contribution in [0.2, 0.25) is 0 Å². The monoisotopic (exact) mass is 359 g/mol. The predicted molar refractivity (Wildman–Crippen MR) is 107 cm³/mol. The standard InChI is InChI=1S/C17H23N3O2.C4H10/c1-12-4-5-15-16(10-12)20(13(2)18-15)14-6-8-19(9-7-14)17(21)11-22-3;1-3-4-2/h4-5,10,14H,6-9,11H2,1-3H3;3-4H2,1-2H3. The Balaban J connectivity index is 0.000000552. The third kappa shape index (κ3) is 4.85. The number of rotatable bonds is 4. The number of carbonyl (C=O) groups excluding carboxylic acids is 1. The van der Waals surface area contributed by atoms with Crippen LogP contribution in [0.5, 0.6) is 0 Å². The lowest BCUT2D eigenvalue weighted by Gasteiger charge is -2.33. The van der Waals surface area contributed by atoms with Gasteiger partial charge in [0.25, 0.3) is 0 Å². The summed E-state index contributed by atoms with van der Waals surface area (Å²) in [6.45, 7) is 10.3. The highest BCUT2D eigenvalue weighted by Crippen LogP contribution is 2.29. The fraction of sp³-hybridized carbons (Fsp3) is 0.619. The molecule has 144 valence electrons. The number of piperidine rings is 1.